The number of likely N-dealkylation sites (tertiary alicyclic amines) is 1. The smallest absolute Gasteiger partial charge is 0.423 e. The quantitative estimate of drug-likeness (QED) is 0.204. The van der Waals surface area contributed by atoms with E-state index in [9.17, 15) is 29.1 Å². The highest BCUT2D eigenvalue weighted by molar-refractivity contribution is 7.22. The van der Waals surface area contributed by atoms with Crippen LogP contribution in [0.5, 0.6) is 5.75 Å². The van der Waals surface area contributed by atoms with Crippen LogP contribution in [0.25, 0.3) is 20.7 Å². The first kappa shape index (κ1) is 31.5. The van der Waals surface area contributed by atoms with Crippen LogP contribution in [-0.2, 0) is 31.0 Å². The number of aryl methyl sites for hydroxylation is 2. The maximum atomic E-state index is 14.9. The Morgan fingerprint density at radius 3 is 2.57 bits per heavy atom. The van der Waals surface area contributed by atoms with E-state index in [0.717, 1.165) is 33.2 Å². The lowest BCUT2D eigenvalue weighted by molar-refractivity contribution is -0.138. The number of halogens is 1. The maximum Gasteiger partial charge on any atom is 0.423 e. The van der Waals surface area contributed by atoms with Crippen molar-refractivity contribution in [3.63, 3.8) is 0 Å². The number of amides is 5. The standard InChI is InChI=1S/C36H31ClN4O7S/c1-16-22-13-18(37)8-11-26(22)49-30(16)25-15-27(39(3)38-25)40-32(44)24-14-23-20(9-10-21-28(23)33(45)41(31(21)43)35(47)48-4)29(36(24,2)34(40)46)17-6-5-7-19(42)12-17/h5-9,11-13,15,21,23-24,28-29,42H,10,14H2,1-4H3. The van der Waals surface area contributed by atoms with Crippen molar-refractivity contribution >= 4 is 68.6 Å². The second-order valence-corrected chi connectivity index (χ2v) is 14.9. The molecule has 13 heteroatoms. The number of phenols is 1. The average Bonchev–Trinajstić information content (AvgIpc) is 3.74. The number of allylic oxidation sites excluding steroid dienone is 2. The van der Waals surface area contributed by atoms with Crippen molar-refractivity contribution in [1.29, 1.82) is 0 Å². The van der Waals surface area contributed by atoms with Crippen LogP contribution in [0.15, 0.2) is 60.2 Å². The summed E-state index contributed by atoms with van der Waals surface area (Å²) in [5.41, 5.74) is 1.64. The molecule has 2 aromatic carbocycles. The van der Waals surface area contributed by atoms with E-state index in [-0.39, 0.29) is 18.6 Å². The predicted molar refractivity (Wildman–Crippen MR) is 181 cm³/mol. The molecular weight excluding hydrogens is 668 g/mol. The number of nitrogens with zero attached hydrogens (tertiary/aromatic N) is 4. The van der Waals surface area contributed by atoms with E-state index in [2.05, 4.69) is 0 Å². The molecule has 2 aliphatic heterocycles. The van der Waals surface area contributed by atoms with E-state index in [0.29, 0.717) is 27.0 Å². The zero-order valence-electron chi connectivity index (χ0n) is 27.0. The van der Waals surface area contributed by atoms with Gasteiger partial charge >= 0.3 is 6.09 Å². The Labute approximate surface area is 289 Å². The molecule has 4 aromatic rings. The third-order valence-corrected chi connectivity index (χ3v) is 12.6. The van der Waals surface area contributed by atoms with Gasteiger partial charge in [-0.1, -0.05) is 35.4 Å². The fraction of sp³-hybridized carbons (Fsp3) is 0.333. The van der Waals surface area contributed by atoms with Crippen LogP contribution in [0.4, 0.5) is 10.6 Å². The number of hydrogen-bond acceptors (Lipinski definition) is 9. The van der Waals surface area contributed by atoms with Gasteiger partial charge in [-0.05, 0) is 79.5 Å². The lowest BCUT2D eigenvalue weighted by Gasteiger charge is -2.49. The molecule has 5 amide bonds. The molecule has 1 N–H and O–H groups in total. The molecule has 3 fully saturated rings. The van der Waals surface area contributed by atoms with E-state index < -0.39 is 64.7 Å². The SMILES string of the molecule is COC(=O)N1C(=O)C2CC=C3C(CC4C(=O)N(c5cc(-c6sc7ccc(Cl)cc7c6C)nn5C)C(=O)C4(C)C3c3cccc(O)c3)C2C1=O. The second-order valence-electron chi connectivity index (χ2n) is 13.4. The molecule has 6 atom stereocenters. The monoisotopic (exact) mass is 698 g/mol. The molecule has 49 heavy (non-hydrogen) atoms. The van der Waals surface area contributed by atoms with Gasteiger partial charge in [-0.3, -0.25) is 23.9 Å². The molecule has 0 bridgehead atoms. The molecule has 2 aromatic heterocycles. The Bertz CT molecular complexity index is 2210. The number of hydrogen-bond donors (Lipinski definition) is 1. The minimum atomic E-state index is -1.30. The second kappa shape index (κ2) is 10.8. The Balaban J connectivity index is 1.24. The largest absolute Gasteiger partial charge is 0.508 e. The highest BCUT2D eigenvalue weighted by Gasteiger charge is 2.68. The predicted octanol–water partition coefficient (Wildman–Crippen LogP) is 5.97. The van der Waals surface area contributed by atoms with Crippen LogP contribution >= 0.6 is 22.9 Å². The fourth-order valence-corrected chi connectivity index (χ4v) is 10.1. The Morgan fingerprint density at radius 1 is 1.06 bits per heavy atom. The molecule has 4 heterocycles. The lowest BCUT2D eigenvalue weighted by atomic mass is 9.51. The molecule has 0 radical (unpaired) electrons. The first-order valence-corrected chi connectivity index (χ1v) is 17.1. The summed E-state index contributed by atoms with van der Waals surface area (Å²) in [6.07, 6.45) is 1.14. The van der Waals surface area contributed by atoms with Crippen molar-refractivity contribution in [3.8, 4) is 16.3 Å². The molecule has 1 saturated carbocycles. The summed E-state index contributed by atoms with van der Waals surface area (Å²) in [4.78, 5) is 71.7. The van der Waals surface area contributed by atoms with E-state index in [4.69, 9.17) is 21.4 Å². The van der Waals surface area contributed by atoms with Crippen molar-refractivity contribution in [1.82, 2.24) is 14.7 Å². The number of fused-ring (bicyclic) bond motifs is 5. The van der Waals surface area contributed by atoms with Gasteiger partial charge in [0.2, 0.25) is 23.6 Å². The Kier molecular flexibility index (Phi) is 6.96. The Hall–Kier alpha value is -4.81. The lowest BCUT2D eigenvalue weighted by Crippen LogP contribution is -2.49. The zero-order chi connectivity index (χ0) is 34.7. The van der Waals surface area contributed by atoms with Crippen molar-refractivity contribution in [2.75, 3.05) is 12.0 Å². The van der Waals surface area contributed by atoms with Gasteiger partial charge in [0.15, 0.2) is 0 Å². The fourth-order valence-electron chi connectivity index (χ4n) is 8.80. The van der Waals surface area contributed by atoms with Gasteiger partial charge in [0.05, 0.1) is 35.2 Å². The van der Waals surface area contributed by atoms with E-state index in [1.54, 1.807) is 49.6 Å². The number of ether oxygens (including phenoxy) is 1. The number of rotatable bonds is 3. The summed E-state index contributed by atoms with van der Waals surface area (Å²) in [7, 11) is 2.80. The number of thiophene rings is 1. The van der Waals surface area contributed by atoms with Crippen LogP contribution in [0.3, 0.4) is 0 Å². The third-order valence-electron chi connectivity index (χ3n) is 11.1. The van der Waals surface area contributed by atoms with Crippen LogP contribution in [-0.4, -0.2) is 56.6 Å². The summed E-state index contributed by atoms with van der Waals surface area (Å²) in [5, 5.41) is 16.9. The first-order chi connectivity index (χ1) is 23.4. The number of carbonyl (C=O) groups excluding carboxylic acids is 5. The molecule has 6 unspecified atom stereocenters. The zero-order valence-corrected chi connectivity index (χ0v) is 28.5. The number of carbonyl (C=O) groups is 5. The highest BCUT2D eigenvalue weighted by atomic mass is 35.5. The van der Waals surface area contributed by atoms with Gasteiger partial charge in [0, 0.05) is 28.8 Å². The van der Waals surface area contributed by atoms with Crippen LogP contribution < -0.4 is 4.90 Å². The molecule has 8 rings (SSSR count). The summed E-state index contributed by atoms with van der Waals surface area (Å²) in [6.45, 7) is 3.76. The normalized spacial score (nSPS) is 27.8. The number of anilines is 1. The molecule has 2 aliphatic carbocycles. The van der Waals surface area contributed by atoms with Crippen LogP contribution in [0.1, 0.15) is 36.8 Å². The molecule has 250 valence electrons. The molecule has 0 spiro atoms. The number of imide groups is 4. The summed E-state index contributed by atoms with van der Waals surface area (Å²) >= 11 is 7.82. The molecule has 2 saturated heterocycles. The number of methoxy groups -OCH3 is 1. The van der Waals surface area contributed by atoms with Crippen molar-refractivity contribution in [2.24, 2.45) is 36.1 Å². The van der Waals surface area contributed by atoms with E-state index >= 15 is 0 Å². The van der Waals surface area contributed by atoms with Gasteiger partial charge in [-0.2, -0.15) is 10.00 Å². The Morgan fingerprint density at radius 2 is 1.84 bits per heavy atom. The molecule has 11 nitrogen and oxygen atoms in total. The van der Waals surface area contributed by atoms with Gasteiger partial charge in [-0.25, -0.2) is 9.69 Å². The highest BCUT2D eigenvalue weighted by Crippen LogP contribution is 2.63. The van der Waals surface area contributed by atoms with Gasteiger partial charge < -0.3 is 9.84 Å². The summed E-state index contributed by atoms with van der Waals surface area (Å²) < 4.78 is 7.32. The molecular formula is C36H31ClN4O7S. The van der Waals surface area contributed by atoms with Crippen molar-refractivity contribution < 1.29 is 33.8 Å². The number of benzene rings is 2. The maximum absolute atomic E-state index is 14.9. The van der Waals surface area contributed by atoms with Crippen LogP contribution in [0, 0.1) is 36.0 Å². The van der Waals surface area contributed by atoms with Gasteiger partial charge in [-0.15, -0.1) is 11.3 Å². The van der Waals surface area contributed by atoms with E-state index in [1.165, 1.54) is 15.6 Å². The number of aromatic hydroxyl groups is 1. The average molecular weight is 699 g/mol. The van der Waals surface area contributed by atoms with Crippen LogP contribution in [0.2, 0.25) is 5.02 Å². The van der Waals surface area contributed by atoms with Crippen molar-refractivity contribution in [3.05, 3.63) is 76.3 Å². The van der Waals surface area contributed by atoms with E-state index in [1.807, 2.05) is 31.2 Å². The summed E-state index contributed by atoms with van der Waals surface area (Å²) in [5.74, 6) is -5.74. The minimum Gasteiger partial charge on any atom is -0.508 e. The minimum absolute atomic E-state index is 0.0112. The van der Waals surface area contributed by atoms with Gasteiger partial charge in [0.1, 0.15) is 17.3 Å². The van der Waals surface area contributed by atoms with Crippen molar-refractivity contribution in [2.45, 2.75) is 32.6 Å². The number of aromatic nitrogens is 2. The first-order valence-electron chi connectivity index (χ1n) is 15.9. The third kappa shape index (κ3) is 4.26. The molecule has 4 aliphatic rings. The summed E-state index contributed by atoms with van der Waals surface area (Å²) in [6, 6.07) is 14.0. The van der Waals surface area contributed by atoms with Gasteiger partial charge in [0.25, 0.3) is 0 Å². The number of phenolic OH excluding ortho intramolecular Hbond substituents is 1. The topological polar surface area (TPSA) is 139 Å².